The van der Waals surface area contributed by atoms with Gasteiger partial charge in [-0.05, 0) is 29.8 Å². The van der Waals surface area contributed by atoms with Crippen molar-refractivity contribution in [1.29, 1.82) is 0 Å². The normalized spacial score (nSPS) is 11.6. The fraction of sp³-hybridized carbons (Fsp3) is 0.100. The maximum absolute atomic E-state index is 12.2. The van der Waals surface area contributed by atoms with Gasteiger partial charge in [0, 0.05) is 22.8 Å². The molecule has 0 aliphatic rings. The van der Waals surface area contributed by atoms with Crippen molar-refractivity contribution in [3.8, 4) is 11.1 Å². The molecule has 0 unspecified atom stereocenters. The van der Waals surface area contributed by atoms with E-state index in [1.54, 1.807) is 30.5 Å². The first-order valence-electron chi connectivity index (χ1n) is 9.10. The monoisotopic (exact) mass is 444 g/mol. The van der Waals surface area contributed by atoms with E-state index in [2.05, 4.69) is 25.0 Å². The highest BCUT2D eigenvalue weighted by molar-refractivity contribution is 6.15. The standard InChI is InChI=1S/C20H15F3N6O3/c21-20(22,23)18(31)32-8-14(30)27-10-3-1-2-9(6-10)12-7-13-15(11-4-5-26-16(11)12)17(24)29-19(25)28-13/h1-7,26H,8H2,(H,27,30)(H4,24,25,28,29). The second-order valence-electron chi connectivity index (χ2n) is 6.75. The van der Waals surface area contributed by atoms with E-state index in [1.807, 2.05) is 6.07 Å². The number of hydrogen-bond acceptors (Lipinski definition) is 7. The fourth-order valence-electron chi connectivity index (χ4n) is 3.31. The van der Waals surface area contributed by atoms with Crippen molar-refractivity contribution in [1.82, 2.24) is 15.0 Å². The van der Waals surface area contributed by atoms with Crippen LogP contribution in [0.1, 0.15) is 0 Å². The number of hydrogen-bond donors (Lipinski definition) is 4. The van der Waals surface area contributed by atoms with Gasteiger partial charge >= 0.3 is 12.1 Å². The summed E-state index contributed by atoms with van der Waals surface area (Å²) in [6, 6.07) is 10.1. The average Bonchev–Trinajstić information content (AvgIpc) is 3.20. The van der Waals surface area contributed by atoms with Gasteiger partial charge in [-0.25, -0.2) is 9.78 Å². The number of aromatic amines is 1. The van der Waals surface area contributed by atoms with Crippen LogP contribution in [0.2, 0.25) is 0 Å². The molecule has 4 aromatic rings. The first kappa shape index (κ1) is 20.9. The zero-order valence-corrected chi connectivity index (χ0v) is 16.2. The van der Waals surface area contributed by atoms with E-state index in [1.165, 1.54) is 6.07 Å². The van der Waals surface area contributed by atoms with Crippen LogP contribution in [0.15, 0.2) is 42.6 Å². The van der Waals surface area contributed by atoms with Crippen LogP contribution in [0.3, 0.4) is 0 Å². The first-order valence-corrected chi connectivity index (χ1v) is 9.10. The van der Waals surface area contributed by atoms with E-state index in [4.69, 9.17) is 11.5 Å². The van der Waals surface area contributed by atoms with E-state index in [9.17, 15) is 22.8 Å². The van der Waals surface area contributed by atoms with Gasteiger partial charge in [-0.3, -0.25) is 4.79 Å². The second-order valence-corrected chi connectivity index (χ2v) is 6.75. The summed E-state index contributed by atoms with van der Waals surface area (Å²) in [6.45, 7) is -1.07. The summed E-state index contributed by atoms with van der Waals surface area (Å²) in [5.41, 5.74) is 14.7. The number of rotatable bonds is 4. The summed E-state index contributed by atoms with van der Waals surface area (Å²) in [6.07, 6.45) is -3.45. The Hall–Kier alpha value is -4.35. The molecule has 32 heavy (non-hydrogen) atoms. The molecule has 0 radical (unpaired) electrons. The highest BCUT2D eigenvalue weighted by Crippen LogP contribution is 2.36. The van der Waals surface area contributed by atoms with Crippen molar-refractivity contribution in [2.45, 2.75) is 6.18 Å². The molecule has 0 bridgehead atoms. The van der Waals surface area contributed by atoms with E-state index >= 15 is 0 Å². The third-order valence-electron chi connectivity index (χ3n) is 4.57. The van der Waals surface area contributed by atoms with Crippen LogP contribution >= 0.6 is 0 Å². The number of amides is 1. The lowest BCUT2D eigenvalue weighted by molar-refractivity contribution is -0.199. The van der Waals surface area contributed by atoms with Gasteiger partial charge in [0.1, 0.15) is 5.82 Å². The largest absolute Gasteiger partial charge is 0.490 e. The SMILES string of the molecule is Nc1nc(N)c2c(cc(-c3cccc(NC(=O)COC(=O)C(F)(F)F)c3)c3[nH]ccc32)n1. The highest BCUT2D eigenvalue weighted by Gasteiger charge is 2.41. The number of nitrogen functional groups attached to an aromatic ring is 2. The number of anilines is 3. The van der Waals surface area contributed by atoms with E-state index in [0.717, 1.165) is 16.5 Å². The van der Waals surface area contributed by atoms with Crippen LogP contribution < -0.4 is 16.8 Å². The summed E-state index contributed by atoms with van der Waals surface area (Å²) in [4.78, 5) is 34.0. The first-order chi connectivity index (χ1) is 15.1. The zero-order chi connectivity index (χ0) is 23.0. The molecule has 2 aromatic carbocycles. The smallest absolute Gasteiger partial charge is 0.449 e. The molecule has 9 nitrogen and oxygen atoms in total. The Bertz CT molecular complexity index is 1370. The number of nitrogens with zero attached hydrogens (tertiary/aromatic N) is 2. The van der Waals surface area contributed by atoms with Crippen molar-refractivity contribution in [2.24, 2.45) is 0 Å². The van der Waals surface area contributed by atoms with Crippen LogP contribution in [0, 0.1) is 0 Å². The van der Waals surface area contributed by atoms with E-state index in [-0.39, 0.29) is 17.5 Å². The van der Waals surface area contributed by atoms with E-state index < -0.39 is 24.7 Å². The molecule has 0 fully saturated rings. The molecule has 0 spiro atoms. The van der Waals surface area contributed by atoms with Crippen LogP contribution in [0.25, 0.3) is 32.9 Å². The van der Waals surface area contributed by atoms with Gasteiger partial charge in [-0.1, -0.05) is 12.1 Å². The third-order valence-corrected chi connectivity index (χ3v) is 4.57. The highest BCUT2D eigenvalue weighted by atomic mass is 19.4. The summed E-state index contributed by atoms with van der Waals surface area (Å²) < 4.78 is 40.5. The molecule has 2 aromatic heterocycles. The number of nitrogens with one attached hydrogen (secondary N) is 2. The van der Waals surface area contributed by atoms with Gasteiger partial charge in [0.05, 0.1) is 16.4 Å². The Labute approximate surface area is 177 Å². The summed E-state index contributed by atoms with van der Waals surface area (Å²) in [7, 11) is 0. The minimum atomic E-state index is -5.17. The number of alkyl halides is 3. The predicted octanol–water partition coefficient (Wildman–Crippen LogP) is 2.99. The number of aromatic nitrogens is 3. The summed E-state index contributed by atoms with van der Waals surface area (Å²) >= 11 is 0. The molecule has 0 atom stereocenters. The van der Waals surface area contributed by atoms with Crippen LogP contribution in [-0.2, 0) is 14.3 Å². The number of ether oxygens (including phenoxy) is 1. The number of benzene rings is 2. The van der Waals surface area contributed by atoms with E-state index in [0.29, 0.717) is 16.5 Å². The molecule has 2 heterocycles. The van der Waals surface area contributed by atoms with Crippen molar-refractivity contribution in [3.63, 3.8) is 0 Å². The molecule has 164 valence electrons. The summed E-state index contributed by atoms with van der Waals surface area (Å²) in [5, 5.41) is 3.80. The maximum atomic E-state index is 12.2. The van der Waals surface area contributed by atoms with Crippen LogP contribution in [0.5, 0.6) is 0 Å². The Balaban J connectivity index is 1.65. The van der Waals surface area contributed by atoms with Crippen LogP contribution in [0.4, 0.5) is 30.6 Å². The predicted molar refractivity (Wildman–Crippen MR) is 111 cm³/mol. The molecule has 4 rings (SSSR count). The molecule has 0 saturated carbocycles. The summed E-state index contributed by atoms with van der Waals surface area (Å²) in [5.74, 6) is -3.10. The number of nitrogens with two attached hydrogens (primary N) is 2. The molecule has 0 aliphatic heterocycles. The van der Waals surface area contributed by atoms with Gasteiger partial charge < -0.3 is 26.5 Å². The Morgan fingerprint density at radius 2 is 1.91 bits per heavy atom. The second kappa shape index (κ2) is 7.72. The van der Waals surface area contributed by atoms with Crippen LogP contribution in [-0.4, -0.2) is 39.6 Å². The average molecular weight is 444 g/mol. The number of esters is 1. The van der Waals surface area contributed by atoms with Crippen molar-refractivity contribution >= 4 is 51.1 Å². The number of fused-ring (bicyclic) bond motifs is 3. The molecular weight excluding hydrogens is 429 g/mol. The third kappa shape index (κ3) is 3.97. The molecular formula is C20H15F3N6O3. The van der Waals surface area contributed by atoms with Gasteiger partial charge in [0.2, 0.25) is 5.95 Å². The Morgan fingerprint density at radius 3 is 2.66 bits per heavy atom. The zero-order valence-electron chi connectivity index (χ0n) is 16.2. The van der Waals surface area contributed by atoms with Gasteiger partial charge in [0.25, 0.3) is 5.91 Å². The fourth-order valence-corrected chi connectivity index (χ4v) is 3.31. The number of carbonyl (C=O) groups excluding carboxylic acids is 2. The lowest BCUT2D eigenvalue weighted by Gasteiger charge is -2.11. The molecule has 6 N–H and O–H groups in total. The Morgan fingerprint density at radius 1 is 1.12 bits per heavy atom. The minimum Gasteiger partial charge on any atom is -0.449 e. The lowest BCUT2D eigenvalue weighted by Crippen LogP contribution is -2.29. The van der Waals surface area contributed by atoms with Crippen molar-refractivity contribution < 1.29 is 27.5 Å². The molecule has 12 heteroatoms. The van der Waals surface area contributed by atoms with Crippen molar-refractivity contribution in [3.05, 3.63) is 42.6 Å². The molecule has 1 amide bonds. The van der Waals surface area contributed by atoms with Crippen molar-refractivity contribution in [2.75, 3.05) is 23.4 Å². The van der Waals surface area contributed by atoms with Gasteiger partial charge in [0.15, 0.2) is 6.61 Å². The van der Waals surface area contributed by atoms with Gasteiger partial charge in [-0.2, -0.15) is 18.2 Å². The quantitative estimate of drug-likeness (QED) is 0.354. The minimum absolute atomic E-state index is 0.0188. The Kier molecular flexibility index (Phi) is 5.04. The number of halogens is 3. The number of H-pyrrole nitrogens is 1. The molecule has 0 aliphatic carbocycles. The van der Waals surface area contributed by atoms with Gasteiger partial charge in [-0.15, -0.1) is 0 Å². The maximum Gasteiger partial charge on any atom is 0.490 e. The topological polar surface area (TPSA) is 149 Å². The molecule has 0 saturated heterocycles. The lowest BCUT2D eigenvalue weighted by atomic mass is 9.99. The number of carbonyl (C=O) groups is 2.